The number of carbonyl (C=O) groups is 2. The van der Waals surface area contributed by atoms with Gasteiger partial charge in [0, 0.05) is 24.7 Å². The summed E-state index contributed by atoms with van der Waals surface area (Å²) in [6.07, 6.45) is 0.673. The van der Waals surface area contributed by atoms with E-state index in [0.29, 0.717) is 24.1 Å². The number of aromatic nitrogens is 4. The maximum Gasteiger partial charge on any atom is 0.252 e. The summed E-state index contributed by atoms with van der Waals surface area (Å²) >= 11 is 5.76. The van der Waals surface area contributed by atoms with Crippen LogP contribution in [-0.4, -0.2) is 39.0 Å². The van der Waals surface area contributed by atoms with Gasteiger partial charge in [-0.25, -0.2) is 4.39 Å². The monoisotopic (exact) mass is 414 g/mol. The zero-order chi connectivity index (χ0) is 20.5. The van der Waals surface area contributed by atoms with Crippen LogP contribution in [0.25, 0.3) is 0 Å². The molecule has 10 heteroatoms. The number of hydrogen-bond acceptors (Lipinski definition) is 5. The van der Waals surface area contributed by atoms with Crippen molar-refractivity contribution < 1.29 is 14.0 Å². The van der Waals surface area contributed by atoms with Gasteiger partial charge in [0.25, 0.3) is 5.91 Å². The summed E-state index contributed by atoms with van der Waals surface area (Å²) in [7, 11) is 0. The standard InChI is InChI=1S/C19H16ClFN6O2/c1-10(28)27-7-6-11-8-13(3-5-16(11)27)19(29)22-17(18-23-25-26-24-18)12-2-4-14(20)15(21)9-12/h2-5,8-9,17H,6-7H2,1H3,(H,22,29)(H,23,24,25,26). The fraction of sp³-hybridized carbons (Fsp3) is 0.211. The zero-order valence-electron chi connectivity index (χ0n) is 15.3. The average Bonchev–Trinajstić information content (AvgIpc) is 3.37. The van der Waals surface area contributed by atoms with Crippen molar-refractivity contribution in [1.82, 2.24) is 25.9 Å². The van der Waals surface area contributed by atoms with E-state index in [2.05, 4.69) is 25.9 Å². The lowest BCUT2D eigenvalue weighted by Crippen LogP contribution is -2.30. The molecule has 2 heterocycles. The lowest BCUT2D eigenvalue weighted by molar-refractivity contribution is -0.116. The fourth-order valence-corrected chi connectivity index (χ4v) is 3.48. The van der Waals surface area contributed by atoms with Crippen LogP contribution >= 0.6 is 11.6 Å². The van der Waals surface area contributed by atoms with Gasteiger partial charge in [-0.2, -0.15) is 5.21 Å². The van der Waals surface area contributed by atoms with Crippen LogP contribution in [0.5, 0.6) is 0 Å². The highest BCUT2D eigenvalue weighted by atomic mass is 35.5. The molecule has 0 saturated carbocycles. The highest BCUT2D eigenvalue weighted by molar-refractivity contribution is 6.30. The lowest BCUT2D eigenvalue weighted by atomic mass is 10.0. The highest BCUT2D eigenvalue weighted by Crippen LogP contribution is 2.29. The Morgan fingerprint density at radius 2 is 2.10 bits per heavy atom. The van der Waals surface area contributed by atoms with Gasteiger partial charge in [0.15, 0.2) is 0 Å². The number of amides is 2. The molecule has 1 aliphatic heterocycles. The SMILES string of the molecule is CC(=O)N1CCc2cc(C(=O)NC(c3ccc(Cl)c(F)c3)c3nn[nH]n3)ccc21. The Bertz CT molecular complexity index is 1090. The molecule has 4 rings (SSSR count). The van der Waals surface area contributed by atoms with Gasteiger partial charge < -0.3 is 10.2 Å². The van der Waals surface area contributed by atoms with E-state index < -0.39 is 11.9 Å². The van der Waals surface area contributed by atoms with Gasteiger partial charge >= 0.3 is 0 Å². The molecule has 0 fully saturated rings. The minimum Gasteiger partial charge on any atom is -0.338 e. The normalized spacial score (nSPS) is 13.8. The van der Waals surface area contributed by atoms with Crippen LogP contribution in [-0.2, 0) is 11.2 Å². The summed E-state index contributed by atoms with van der Waals surface area (Å²) in [4.78, 5) is 26.3. The van der Waals surface area contributed by atoms with E-state index in [0.717, 1.165) is 11.3 Å². The maximum atomic E-state index is 14.0. The quantitative estimate of drug-likeness (QED) is 0.682. The number of carbonyl (C=O) groups excluding carboxylic acids is 2. The van der Waals surface area contributed by atoms with Crippen molar-refractivity contribution in [3.8, 4) is 0 Å². The summed E-state index contributed by atoms with van der Waals surface area (Å²) in [5.74, 6) is -0.861. The van der Waals surface area contributed by atoms with Gasteiger partial charge in [-0.15, -0.1) is 10.2 Å². The number of benzene rings is 2. The minimum atomic E-state index is -0.824. The highest BCUT2D eigenvalue weighted by Gasteiger charge is 2.26. The topological polar surface area (TPSA) is 104 Å². The Hall–Kier alpha value is -3.33. The summed E-state index contributed by atoms with van der Waals surface area (Å²) in [6.45, 7) is 2.10. The maximum absolute atomic E-state index is 14.0. The third kappa shape index (κ3) is 3.68. The van der Waals surface area contributed by atoms with Crippen LogP contribution in [0.3, 0.4) is 0 Å². The summed E-state index contributed by atoms with van der Waals surface area (Å²) < 4.78 is 14.0. The van der Waals surface area contributed by atoms with Crippen molar-refractivity contribution >= 4 is 29.1 Å². The van der Waals surface area contributed by atoms with Gasteiger partial charge in [0.2, 0.25) is 11.7 Å². The van der Waals surface area contributed by atoms with Gasteiger partial charge in [0.1, 0.15) is 11.9 Å². The Kier molecular flexibility index (Phi) is 4.98. The molecule has 0 radical (unpaired) electrons. The van der Waals surface area contributed by atoms with Crippen molar-refractivity contribution in [2.45, 2.75) is 19.4 Å². The van der Waals surface area contributed by atoms with Crippen LogP contribution < -0.4 is 10.2 Å². The van der Waals surface area contributed by atoms with E-state index in [-0.39, 0.29) is 22.7 Å². The molecule has 2 aromatic carbocycles. The number of nitrogens with zero attached hydrogens (tertiary/aromatic N) is 4. The molecule has 1 atom stereocenters. The van der Waals surface area contributed by atoms with E-state index >= 15 is 0 Å². The number of nitrogens with one attached hydrogen (secondary N) is 2. The molecule has 8 nitrogen and oxygen atoms in total. The first-order chi connectivity index (χ1) is 13.9. The zero-order valence-corrected chi connectivity index (χ0v) is 16.1. The predicted molar refractivity (Wildman–Crippen MR) is 103 cm³/mol. The number of halogens is 2. The number of rotatable bonds is 4. The van der Waals surface area contributed by atoms with Crippen LogP contribution in [0, 0.1) is 5.82 Å². The molecule has 0 bridgehead atoms. The molecule has 29 heavy (non-hydrogen) atoms. The third-order valence-electron chi connectivity index (χ3n) is 4.79. The van der Waals surface area contributed by atoms with Crippen LogP contribution in [0.15, 0.2) is 36.4 Å². The molecule has 1 aromatic heterocycles. The van der Waals surface area contributed by atoms with Crippen LogP contribution in [0.2, 0.25) is 5.02 Å². The number of anilines is 1. The van der Waals surface area contributed by atoms with Crippen LogP contribution in [0.1, 0.15) is 40.3 Å². The Morgan fingerprint density at radius 3 is 2.79 bits per heavy atom. The van der Waals surface area contributed by atoms with Gasteiger partial charge in [-0.1, -0.05) is 22.9 Å². The second-order valence-electron chi connectivity index (χ2n) is 6.61. The minimum absolute atomic E-state index is 0.0272. The second-order valence-corrected chi connectivity index (χ2v) is 7.02. The third-order valence-corrected chi connectivity index (χ3v) is 5.10. The van der Waals surface area contributed by atoms with E-state index in [1.807, 2.05) is 0 Å². The number of aromatic amines is 1. The smallest absolute Gasteiger partial charge is 0.252 e. The van der Waals surface area contributed by atoms with Crippen molar-refractivity contribution in [3.05, 3.63) is 69.8 Å². The molecule has 2 N–H and O–H groups in total. The van der Waals surface area contributed by atoms with Crippen LogP contribution in [0.4, 0.5) is 10.1 Å². The number of H-pyrrole nitrogens is 1. The fourth-order valence-electron chi connectivity index (χ4n) is 3.37. The molecule has 2 amide bonds. The molecule has 3 aromatic rings. The molecule has 0 spiro atoms. The molecular weight excluding hydrogens is 399 g/mol. The summed E-state index contributed by atoms with van der Waals surface area (Å²) in [5, 5.41) is 16.5. The number of hydrogen-bond donors (Lipinski definition) is 2. The molecular formula is C19H16ClFN6O2. The lowest BCUT2D eigenvalue weighted by Gasteiger charge is -2.17. The van der Waals surface area contributed by atoms with E-state index in [1.165, 1.54) is 19.1 Å². The van der Waals surface area contributed by atoms with Gasteiger partial charge in [-0.3, -0.25) is 9.59 Å². The predicted octanol–water partition coefficient (Wildman–Crippen LogP) is 2.42. The van der Waals surface area contributed by atoms with Crippen molar-refractivity contribution in [1.29, 1.82) is 0 Å². The number of tetrazole rings is 1. The molecule has 0 saturated heterocycles. The first-order valence-electron chi connectivity index (χ1n) is 8.84. The van der Waals surface area contributed by atoms with E-state index in [1.54, 1.807) is 29.2 Å². The van der Waals surface area contributed by atoms with E-state index in [4.69, 9.17) is 11.6 Å². The van der Waals surface area contributed by atoms with Crippen molar-refractivity contribution in [2.75, 3.05) is 11.4 Å². The first kappa shape index (κ1) is 19.0. The number of fused-ring (bicyclic) bond motifs is 1. The first-order valence-corrected chi connectivity index (χ1v) is 9.22. The van der Waals surface area contributed by atoms with Gasteiger partial charge in [0.05, 0.1) is 5.02 Å². The molecule has 1 unspecified atom stereocenters. The Balaban J connectivity index is 1.62. The van der Waals surface area contributed by atoms with Crippen molar-refractivity contribution in [2.24, 2.45) is 0 Å². The van der Waals surface area contributed by atoms with Crippen molar-refractivity contribution in [3.63, 3.8) is 0 Å². The summed E-state index contributed by atoms with van der Waals surface area (Å²) in [5.41, 5.74) is 2.56. The molecule has 148 valence electrons. The average molecular weight is 415 g/mol. The Labute approximate surface area is 170 Å². The Morgan fingerprint density at radius 1 is 1.28 bits per heavy atom. The van der Waals surface area contributed by atoms with Gasteiger partial charge in [-0.05, 0) is 47.9 Å². The van der Waals surface area contributed by atoms with E-state index in [9.17, 15) is 14.0 Å². The summed E-state index contributed by atoms with van der Waals surface area (Å²) in [6, 6.07) is 8.53. The second kappa shape index (κ2) is 7.59. The molecule has 1 aliphatic rings. The largest absolute Gasteiger partial charge is 0.338 e. The molecule has 0 aliphatic carbocycles.